The fourth-order valence-electron chi connectivity index (χ4n) is 1.85. The van der Waals surface area contributed by atoms with Gasteiger partial charge in [-0.2, -0.15) is 17.2 Å². The minimum Gasteiger partial charge on any atom is -0.190 e. The monoisotopic (exact) mass is 326 g/mol. The first-order chi connectivity index (χ1) is 8.84. The summed E-state index contributed by atoms with van der Waals surface area (Å²) in [6, 6.07) is 2.65. The molecule has 0 aliphatic carbocycles. The molecule has 0 heterocycles. The predicted octanol–water partition coefficient (Wildman–Crippen LogP) is 3.13. The molecular formula is C12H17F3O3SSi. The third kappa shape index (κ3) is 2.91. The fraction of sp³-hybridized carbons (Fsp3) is 0.500. The van der Waals surface area contributed by atoms with Crippen molar-refractivity contribution >= 4 is 23.4 Å². The van der Waals surface area contributed by atoms with Gasteiger partial charge in [0.05, 0.1) is 8.07 Å². The Morgan fingerprint density at radius 2 is 1.55 bits per heavy atom. The molecule has 0 saturated carbocycles. The summed E-state index contributed by atoms with van der Waals surface area (Å²) in [4.78, 5) is 0. The SMILES string of the molecule is Cc1cc(C(F)(F)S(=O)(=O)OF)c([Si](C)(C)C)cc1C. The Morgan fingerprint density at radius 3 is 1.95 bits per heavy atom. The number of hydrogen-bond donors (Lipinski definition) is 0. The Kier molecular flexibility index (Phi) is 4.43. The maximum atomic E-state index is 14.1. The van der Waals surface area contributed by atoms with Gasteiger partial charge in [0.1, 0.15) is 0 Å². The normalized spacial score (nSPS) is 13.6. The van der Waals surface area contributed by atoms with Crippen LogP contribution in [0.5, 0.6) is 0 Å². The molecule has 1 aromatic rings. The molecule has 0 amide bonds. The number of aryl methyl sites for hydroxylation is 2. The summed E-state index contributed by atoms with van der Waals surface area (Å²) >= 11 is 0. The molecule has 0 unspecified atom stereocenters. The minimum absolute atomic E-state index is 0.270. The van der Waals surface area contributed by atoms with E-state index in [2.05, 4.69) is 4.39 Å². The van der Waals surface area contributed by atoms with E-state index in [1.165, 1.54) is 0 Å². The van der Waals surface area contributed by atoms with Gasteiger partial charge in [0, 0.05) is 5.56 Å². The molecule has 1 rings (SSSR count). The summed E-state index contributed by atoms with van der Waals surface area (Å²) in [6.45, 7) is 8.76. The van der Waals surface area contributed by atoms with E-state index in [0.29, 0.717) is 5.56 Å². The number of hydrogen-bond acceptors (Lipinski definition) is 3. The molecule has 0 radical (unpaired) electrons. The summed E-state index contributed by atoms with van der Waals surface area (Å²) in [7, 11) is -7.90. The van der Waals surface area contributed by atoms with E-state index >= 15 is 0 Å². The van der Waals surface area contributed by atoms with Gasteiger partial charge in [-0.1, -0.05) is 30.1 Å². The first-order valence-electron chi connectivity index (χ1n) is 5.89. The molecule has 0 fully saturated rings. The van der Waals surface area contributed by atoms with E-state index in [4.69, 9.17) is 0 Å². The summed E-state index contributed by atoms with van der Waals surface area (Å²) < 4.78 is 65.1. The molecule has 0 N–H and O–H groups in total. The Morgan fingerprint density at radius 1 is 1.10 bits per heavy atom. The van der Waals surface area contributed by atoms with Gasteiger partial charge in [-0.25, -0.2) is 0 Å². The van der Waals surface area contributed by atoms with Gasteiger partial charge in [-0.15, -0.1) is 0 Å². The van der Waals surface area contributed by atoms with Gasteiger partial charge in [-0.3, -0.25) is 0 Å². The van der Waals surface area contributed by atoms with Crippen LogP contribution in [0.3, 0.4) is 0 Å². The van der Waals surface area contributed by atoms with Crippen molar-refractivity contribution in [2.24, 2.45) is 0 Å². The average molecular weight is 326 g/mol. The highest BCUT2D eigenvalue weighted by molar-refractivity contribution is 7.87. The second-order valence-corrected chi connectivity index (χ2v) is 12.4. The average Bonchev–Trinajstić information content (AvgIpc) is 2.30. The van der Waals surface area contributed by atoms with Gasteiger partial charge in [0.2, 0.25) is 0 Å². The first kappa shape index (κ1) is 17.2. The van der Waals surface area contributed by atoms with Gasteiger partial charge < -0.3 is 0 Å². The van der Waals surface area contributed by atoms with Gasteiger partial charge in [0.25, 0.3) is 0 Å². The summed E-state index contributed by atoms with van der Waals surface area (Å²) in [5.41, 5.74) is 0.591. The van der Waals surface area contributed by atoms with Crippen molar-refractivity contribution < 1.29 is 26.1 Å². The zero-order valence-electron chi connectivity index (χ0n) is 11.9. The van der Waals surface area contributed by atoms with Crippen molar-refractivity contribution in [2.45, 2.75) is 38.7 Å². The molecule has 0 atom stereocenters. The lowest BCUT2D eigenvalue weighted by molar-refractivity contribution is -0.0287. The predicted molar refractivity (Wildman–Crippen MR) is 73.9 cm³/mol. The van der Waals surface area contributed by atoms with E-state index in [-0.39, 0.29) is 5.19 Å². The Balaban J connectivity index is 3.73. The second kappa shape index (κ2) is 5.16. The lowest BCUT2D eigenvalue weighted by Crippen LogP contribution is -2.45. The molecule has 8 heteroatoms. The van der Waals surface area contributed by atoms with Crippen LogP contribution < -0.4 is 5.19 Å². The zero-order valence-corrected chi connectivity index (χ0v) is 13.7. The highest BCUT2D eigenvalue weighted by Crippen LogP contribution is 2.36. The Hall–Kier alpha value is -0.863. The van der Waals surface area contributed by atoms with Crippen LogP contribution in [0.4, 0.5) is 13.3 Å². The number of halogens is 3. The van der Waals surface area contributed by atoms with Crippen LogP contribution in [0.25, 0.3) is 0 Å². The van der Waals surface area contributed by atoms with Gasteiger partial charge in [0.15, 0.2) is 0 Å². The lowest BCUT2D eigenvalue weighted by atomic mass is 10.1. The third-order valence-electron chi connectivity index (χ3n) is 3.15. The standard InChI is InChI=1S/C12H17F3O3SSi/c1-8-6-10(12(13,14)19(16,17)18-15)11(7-9(8)2)20(3,4)5/h6-7H,1-5H3. The molecule has 0 aliphatic heterocycles. The number of rotatable bonds is 4. The molecule has 114 valence electrons. The highest BCUT2D eigenvalue weighted by Gasteiger charge is 2.51. The molecule has 0 aliphatic rings. The minimum atomic E-state index is -5.64. The number of alkyl halides is 2. The van der Waals surface area contributed by atoms with Crippen LogP contribution in [-0.4, -0.2) is 16.5 Å². The highest BCUT2D eigenvalue weighted by atomic mass is 32.2. The fourth-order valence-corrected chi connectivity index (χ4v) is 4.15. The van der Waals surface area contributed by atoms with Crippen molar-refractivity contribution in [2.75, 3.05) is 0 Å². The van der Waals surface area contributed by atoms with Crippen LogP contribution in [-0.2, 0) is 19.8 Å². The van der Waals surface area contributed by atoms with E-state index in [0.717, 1.165) is 11.6 Å². The van der Waals surface area contributed by atoms with Crippen molar-refractivity contribution in [3.63, 3.8) is 0 Å². The van der Waals surface area contributed by atoms with E-state index in [1.807, 2.05) is 0 Å². The molecular weight excluding hydrogens is 309 g/mol. The van der Waals surface area contributed by atoms with Crippen LogP contribution in [0, 0.1) is 13.8 Å². The zero-order chi connectivity index (χ0) is 15.9. The first-order valence-corrected chi connectivity index (χ1v) is 10.8. The second-order valence-electron chi connectivity index (χ2n) is 5.77. The van der Waals surface area contributed by atoms with E-state index in [9.17, 15) is 21.7 Å². The van der Waals surface area contributed by atoms with E-state index < -0.39 is 29.0 Å². The molecule has 0 spiro atoms. The number of benzene rings is 1. The molecule has 1 aromatic carbocycles. The Bertz CT molecular complexity index is 622. The van der Waals surface area contributed by atoms with Gasteiger partial charge in [-0.05, 0) is 40.8 Å². The molecule has 0 bridgehead atoms. The summed E-state index contributed by atoms with van der Waals surface area (Å²) in [5, 5.41) is -4.15. The van der Waals surface area contributed by atoms with Crippen molar-refractivity contribution in [3.8, 4) is 0 Å². The largest absolute Gasteiger partial charge is 0.397 e. The Labute approximate surface area is 117 Å². The van der Waals surface area contributed by atoms with Crippen LogP contribution in [0.1, 0.15) is 16.7 Å². The lowest BCUT2D eigenvalue weighted by Gasteiger charge is -2.26. The molecule has 20 heavy (non-hydrogen) atoms. The maximum Gasteiger partial charge on any atom is 0.397 e. The topological polar surface area (TPSA) is 43.4 Å². The quantitative estimate of drug-likeness (QED) is 0.799. The van der Waals surface area contributed by atoms with Crippen molar-refractivity contribution in [1.29, 1.82) is 0 Å². The van der Waals surface area contributed by atoms with Crippen LogP contribution in [0.2, 0.25) is 19.6 Å². The molecule has 0 aromatic heterocycles. The van der Waals surface area contributed by atoms with Gasteiger partial charge >= 0.3 is 15.4 Å². The molecule has 3 nitrogen and oxygen atoms in total. The summed E-state index contributed by atoms with van der Waals surface area (Å²) in [5.74, 6) is 0. The van der Waals surface area contributed by atoms with E-state index in [1.54, 1.807) is 39.6 Å². The third-order valence-corrected chi connectivity index (χ3v) is 6.20. The summed E-state index contributed by atoms with van der Waals surface area (Å²) in [6.07, 6.45) is 0. The maximum absolute atomic E-state index is 14.1. The van der Waals surface area contributed by atoms with Crippen molar-refractivity contribution in [3.05, 3.63) is 28.8 Å². The van der Waals surface area contributed by atoms with Crippen LogP contribution >= 0.6 is 0 Å². The van der Waals surface area contributed by atoms with Crippen LogP contribution in [0.15, 0.2) is 12.1 Å². The molecule has 0 saturated heterocycles. The van der Waals surface area contributed by atoms with Crippen molar-refractivity contribution in [1.82, 2.24) is 0 Å². The smallest absolute Gasteiger partial charge is 0.190 e.